The average molecular weight is 474 g/mol. The van der Waals surface area contributed by atoms with Gasteiger partial charge in [0, 0.05) is 4.47 Å². The highest BCUT2D eigenvalue weighted by Crippen LogP contribution is 2.32. The van der Waals surface area contributed by atoms with Gasteiger partial charge >= 0.3 is 6.09 Å². The minimum atomic E-state index is -1.12. The summed E-state index contributed by atoms with van der Waals surface area (Å²) in [6, 6.07) is 10.4. The molecule has 27 heavy (non-hydrogen) atoms. The van der Waals surface area contributed by atoms with E-state index in [1.807, 2.05) is 51.1 Å². The first-order valence-electron chi connectivity index (χ1n) is 8.37. The van der Waals surface area contributed by atoms with Crippen LogP contribution in [0.25, 0.3) is 0 Å². The topological polar surface area (TPSA) is 78.4 Å². The number of carbonyl (C=O) groups excluding carboxylic acids is 1. The number of hydrogen-bond donors (Lipinski definition) is 3. The van der Waals surface area contributed by atoms with E-state index in [1.165, 1.54) is 11.3 Å². The van der Waals surface area contributed by atoms with Crippen molar-refractivity contribution in [1.82, 2.24) is 10.6 Å². The number of hydrogen-bond acceptors (Lipinski definition) is 3. The van der Waals surface area contributed by atoms with Crippen molar-refractivity contribution >= 4 is 50.9 Å². The molecule has 0 aliphatic carbocycles. The largest absolute Gasteiger partial charge is 0.465 e. The molecule has 1 heterocycles. The molecular weight excluding hydrogens is 452 g/mol. The third kappa shape index (κ3) is 6.23. The van der Waals surface area contributed by atoms with Crippen LogP contribution in [0.4, 0.5) is 4.79 Å². The molecule has 8 heteroatoms. The van der Waals surface area contributed by atoms with Crippen LogP contribution in [0.5, 0.6) is 0 Å². The van der Waals surface area contributed by atoms with E-state index in [9.17, 15) is 14.7 Å². The molecule has 1 unspecified atom stereocenters. The molecule has 0 radical (unpaired) electrons. The van der Waals surface area contributed by atoms with Crippen molar-refractivity contribution in [2.75, 3.05) is 0 Å². The second-order valence-electron chi connectivity index (χ2n) is 7.30. The molecule has 0 fully saturated rings. The van der Waals surface area contributed by atoms with Gasteiger partial charge in [-0.2, -0.15) is 0 Å². The van der Waals surface area contributed by atoms with Crippen molar-refractivity contribution in [2.24, 2.45) is 5.41 Å². The van der Waals surface area contributed by atoms with Crippen LogP contribution in [0.3, 0.4) is 0 Å². The fourth-order valence-electron chi connectivity index (χ4n) is 2.87. The Balaban J connectivity index is 2.32. The van der Waals surface area contributed by atoms with Gasteiger partial charge in [0.05, 0.1) is 17.0 Å². The summed E-state index contributed by atoms with van der Waals surface area (Å²) in [5.41, 5.74) is 0.605. The summed E-state index contributed by atoms with van der Waals surface area (Å²) in [4.78, 5) is 24.6. The molecule has 0 bridgehead atoms. The summed E-state index contributed by atoms with van der Waals surface area (Å²) in [6.07, 6.45) is -0.626. The van der Waals surface area contributed by atoms with Crippen LogP contribution in [0.1, 0.15) is 36.0 Å². The highest BCUT2D eigenvalue weighted by atomic mass is 79.9. The predicted molar refractivity (Wildman–Crippen MR) is 113 cm³/mol. The van der Waals surface area contributed by atoms with Gasteiger partial charge in [-0.15, -0.1) is 11.3 Å². The summed E-state index contributed by atoms with van der Waals surface area (Å²) < 4.78 is 1.16. The van der Waals surface area contributed by atoms with Gasteiger partial charge in [0.2, 0.25) is 0 Å². The van der Waals surface area contributed by atoms with Gasteiger partial charge in [-0.3, -0.25) is 4.79 Å². The van der Waals surface area contributed by atoms with Crippen LogP contribution in [-0.2, 0) is 6.42 Å². The number of thiophene rings is 1. The number of halogens is 2. The molecule has 0 spiro atoms. The maximum absolute atomic E-state index is 12.8. The highest BCUT2D eigenvalue weighted by molar-refractivity contribution is 9.10. The van der Waals surface area contributed by atoms with Crippen molar-refractivity contribution in [3.8, 4) is 0 Å². The molecule has 0 aliphatic rings. The van der Waals surface area contributed by atoms with Gasteiger partial charge in [0.15, 0.2) is 0 Å². The smallest absolute Gasteiger partial charge is 0.404 e. The Hall–Kier alpha value is -1.57. The minimum absolute atomic E-state index is 0.282. The van der Waals surface area contributed by atoms with Gasteiger partial charge in [0.25, 0.3) is 5.91 Å². The first-order chi connectivity index (χ1) is 12.6. The van der Waals surface area contributed by atoms with Gasteiger partial charge in [-0.1, -0.05) is 62.7 Å². The second-order valence-corrected chi connectivity index (χ2v) is 9.80. The van der Waals surface area contributed by atoms with Crippen LogP contribution in [-0.4, -0.2) is 29.2 Å². The van der Waals surface area contributed by atoms with Crippen molar-refractivity contribution in [1.29, 1.82) is 0 Å². The lowest BCUT2D eigenvalue weighted by Gasteiger charge is -2.37. The maximum Gasteiger partial charge on any atom is 0.404 e. The molecule has 2 atom stereocenters. The molecule has 0 saturated carbocycles. The van der Waals surface area contributed by atoms with Gasteiger partial charge in [-0.25, -0.2) is 4.79 Å². The van der Waals surface area contributed by atoms with Crippen LogP contribution >= 0.6 is 38.9 Å². The Morgan fingerprint density at radius 2 is 1.85 bits per heavy atom. The van der Waals surface area contributed by atoms with Crippen molar-refractivity contribution in [3.05, 3.63) is 55.6 Å². The van der Waals surface area contributed by atoms with E-state index in [2.05, 4.69) is 26.6 Å². The second kappa shape index (κ2) is 9.08. The molecule has 5 nitrogen and oxygen atoms in total. The normalized spacial score (nSPS) is 13.7. The van der Waals surface area contributed by atoms with Gasteiger partial charge < -0.3 is 15.7 Å². The number of amides is 2. The summed E-state index contributed by atoms with van der Waals surface area (Å²) in [5.74, 6) is -0.282. The predicted octanol–water partition coefficient (Wildman–Crippen LogP) is 5.19. The number of benzene rings is 1. The molecule has 0 saturated heterocycles. The summed E-state index contributed by atoms with van der Waals surface area (Å²) >= 11 is 10.5. The standard InChI is InChI=1S/C19H22BrClN2O3S/c1-19(2,3)15(23-18(25)26)13(9-11-7-5-4-6-8-11)22-17(24)14-10-12(20)16(21)27-14/h4-8,10,13,15,23H,9H2,1-3H3,(H,22,24)(H,25,26)/t13-,15?/m0/s1. The average Bonchev–Trinajstić information content (AvgIpc) is 2.91. The summed E-state index contributed by atoms with van der Waals surface area (Å²) in [7, 11) is 0. The van der Waals surface area contributed by atoms with E-state index in [1.54, 1.807) is 6.07 Å². The van der Waals surface area contributed by atoms with Crippen LogP contribution in [0.2, 0.25) is 4.34 Å². The zero-order chi connectivity index (χ0) is 20.2. The maximum atomic E-state index is 12.8. The van der Waals surface area contributed by atoms with E-state index >= 15 is 0 Å². The van der Waals surface area contributed by atoms with Gasteiger partial charge in [-0.05, 0) is 39.4 Å². The Morgan fingerprint density at radius 3 is 2.33 bits per heavy atom. The van der Waals surface area contributed by atoms with Crippen molar-refractivity contribution in [3.63, 3.8) is 0 Å². The zero-order valence-corrected chi connectivity index (χ0v) is 18.4. The molecule has 146 valence electrons. The van der Waals surface area contributed by atoms with Crippen LogP contribution in [0, 0.1) is 5.41 Å². The highest BCUT2D eigenvalue weighted by Gasteiger charge is 2.35. The van der Waals surface area contributed by atoms with Crippen LogP contribution in [0.15, 0.2) is 40.9 Å². The van der Waals surface area contributed by atoms with Crippen LogP contribution < -0.4 is 10.6 Å². The number of carboxylic acid groups (broad SMARTS) is 1. The SMILES string of the molecule is CC(C)(C)C(NC(=O)O)[C@H](Cc1ccccc1)NC(=O)c1cc(Br)c(Cl)s1. The number of carbonyl (C=O) groups is 2. The lowest BCUT2D eigenvalue weighted by Crippen LogP contribution is -2.58. The fraction of sp³-hybridized carbons (Fsp3) is 0.368. The number of rotatable bonds is 6. The summed E-state index contributed by atoms with van der Waals surface area (Å²) in [5, 5.41) is 14.9. The quantitative estimate of drug-likeness (QED) is 0.540. The molecule has 0 aliphatic heterocycles. The third-order valence-electron chi connectivity index (χ3n) is 4.10. The molecule has 1 aromatic carbocycles. The Kier molecular flexibility index (Phi) is 7.31. The van der Waals surface area contributed by atoms with E-state index < -0.39 is 23.6 Å². The zero-order valence-electron chi connectivity index (χ0n) is 15.3. The van der Waals surface area contributed by atoms with E-state index in [0.29, 0.717) is 20.1 Å². The Labute approximate surface area is 176 Å². The van der Waals surface area contributed by atoms with E-state index in [4.69, 9.17) is 11.6 Å². The first-order valence-corrected chi connectivity index (χ1v) is 10.4. The lowest BCUT2D eigenvalue weighted by atomic mass is 9.80. The molecule has 1 aromatic heterocycles. The Bertz CT molecular complexity index is 786. The van der Waals surface area contributed by atoms with E-state index in [0.717, 1.165) is 5.56 Å². The van der Waals surface area contributed by atoms with E-state index in [-0.39, 0.29) is 5.91 Å². The Morgan fingerprint density at radius 1 is 1.22 bits per heavy atom. The number of nitrogens with one attached hydrogen (secondary N) is 2. The monoisotopic (exact) mass is 472 g/mol. The third-order valence-corrected chi connectivity index (χ3v) is 6.57. The van der Waals surface area contributed by atoms with Crippen molar-refractivity contribution < 1.29 is 14.7 Å². The minimum Gasteiger partial charge on any atom is -0.465 e. The fourth-order valence-corrected chi connectivity index (χ4v) is 4.48. The van der Waals surface area contributed by atoms with Gasteiger partial charge in [0.1, 0.15) is 4.34 Å². The molecule has 2 rings (SSSR count). The lowest BCUT2D eigenvalue weighted by molar-refractivity contribution is 0.0905. The van der Waals surface area contributed by atoms with Crippen molar-refractivity contribution in [2.45, 2.75) is 39.3 Å². The molecular formula is C19H22BrClN2O3S. The molecule has 3 N–H and O–H groups in total. The summed E-state index contributed by atoms with van der Waals surface area (Å²) in [6.45, 7) is 5.82. The molecule has 2 amide bonds. The first kappa shape index (κ1) is 21.7. The molecule has 2 aromatic rings.